The summed E-state index contributed by atoms with van der Waals surface area (Å²) in [6.45, 7) is 2.62. The summed E-state index contributed by atoms with van der Waals surface area (Å²) in [4.78, 5) is 16.2. The third-order valence-corrected chi connectivity index (χ3v) is 4.39. The Bertz CT molecular complexity index is 911. The number of aliphatic hydroxyl groups is 1. The molecule has 0 unspecified atom stereocenters. The molecule has 6 heteroatoms. The van der Waals surface area contributed by atoms with Crippen molar-refractivity contribution in [1.29, 1.82) is 0 Å². The van der Waals surface area contributed by atoms with Crippen LogP contribution in [0.4, 0.5) is 0 Å². The molecule has 0 saturated heterocycles. The molecule has 0 spiro atoms. The first kappa shape index (κ1) is 18.8. The van der Waals surface area contributed by atoms with Gasteiger partial charge in [0.25, 0.3) is 0 Å². The predicted molar refractivity (Wildman–Crippen MR) is 103 cm³/mol. The molecule has 3 aromatic rings. The van der Waals surface area contributed by atoms with E-state index in [0.29, 0.717) is 40.7 Å². The van der Waals surface area contributed by atoms with Crippen molar-refractivity contribution >= 4 is 5.78 Å². The molecule has 6 nitrogen and oxygen atoms in total. The smallest absolute Gasteiger partial charge is 0.215 e. The van der Waals surface area contributed by atoms with Crippen LogP contribution in [0.3, 0.4) is 0 Å². The Morgan fingerprint density at radius 1 is 1.26 bits per heavy atom. The number of aliphatic hydroxyl groups excluding tert-OH is 1. The number of H-pyrrole nitrogens is 1. The Balaban J connectivity index is 1.92. The summed E-state index contributed by atoms with van der Waals surface area (Å²) in [7, 11) is 1.54. The number of aromatic nitrogens is 2. The standard InChI is InChI=1S/C21H24N2O4/c1-3-4-12-27-16-7-8-17(19(13-16)26-2)21(25)20-18(9-10-22-20)23-11-5-6-15(23)14-24/h5-11,13,22,24H,3-4,12,14H2,1-2H3. The number of aromatic amines is 1. The number of hydrogen-bond donors (Lipinski definition) is 2. The number of carbonyl (C=O) groups excluding carboxylic acids is 1. The topological polar surface area (TPSA) is 76.5 Å². The highest BCUT2D eigenvalue weighted by Crippen LogP contribution is 2.29. The van der Waals surface area contributed by atoms with Crippen LogP contribution in [0, 0.1) is 0 Å². The lowest BCUT2D eigenvalue weighted by Crippen LogP contribution is -2.09. The zero-order valence-electron chi connectivity index (χ0n) is 15.6. The number of carbonyl (C=O) groups is 1. The van der Waals surface area contributed by atoms with Gasteiger partial charge in [0, 0.05) is 24.2 Å². The number of rotatable bonds is 9. The molecule has 2 heterocycles. The number of benzene rings is 1. The molecule has 2 aromatic heterocycles. The molecule has 0 fully saturated rings. The first-order valence-electron chi connectivity index (χ1n) is 9.00. The summed E-state index contributed by atoms with van der Waals surface area (Å²) in [6.07, 6.45) is 5.54. The summed E-state index contributed by atoms with van der Waals surface area (Å²) < 4.78 is 12.9. The van der Waals surface area contributed by atoms with Crippen molar-refractivity contribution < 1.29 is 19.4 Å². The van der Waals surface area contributed by atoms with E-state index in [0.717, 1.165) is 12.8 Å². The molecule has 1 aromatic carbocycles. The van der Waals surface area contributed by atoms with Crippen LogP contribution in [0.2, 0.25) is 0 Å². The van der Waals surface area contributed by atoms with E-state index in [2.05, 4.69) is 11.9 Å². The average Bonchev–Trinajstić information content (AvgIpc) is 3.36. The van der Waals surface area contributed by atoms with Gasteiger partial charge >= 0.3 is 0 Å². The van der Waals surface area contributed by atoms with Crippen molar-refractivity contribution in [1.82, 2.24) is 9.55 Å². The predicted octanol–water partition coefficient (Wildman–Crippen LogP) is 3.72. The second-order valence-electron chi connectivity index (χ2n) is 6.16. The number of methoxy groups -OCH3 is 1. The van der Waals surface area contributed by atoms with Gasteiger partial charge in [0.05, 0.1) is 31.6 Å². The SMILES string of the molecule is CCCCOc1ccc(C(=O)c2[nH]ccc2-n2cccc2CO)c(OC)c1. The average molecular weight is 368 g/mol. The van der Waals surface area contributed by atoms with Gasteiger partial charge in [-0.15, -0.1) is 0 Å². The van der Waals surface area contributed by atoms with E-state index < -0.39 is 0 Å². The lowest BCUT2D eigenvalue weighted by atomic mass is 10.1. The molecule has 27 heavy (non-hydrogen) atoms. The van der Waals surface area contributed by atoms with Gasteiger partial charge < -0.3 is 24.1 Å². The van der Waals surface area contributed by atoms with Gasteiger partial charge in [0.2, 0.25) is 5.78 Å². The Labute approximate surface area is 158 Å². The van der Waals surface area contributed by atoms with Crippen molar-refractivity contribution in [2.24, 2.45) is 0 Å². The lowest BCUT2D eigenvalue weighted by Gasteiger charge is -2.12. The van der Waals surface area contributed by atoms with Crippen LogP contribution in [0.1, 0.15) is 41.5 Å². The highest BCUT2D eigenvalue weighted by atomic mass is 16.5. The number of unbranched alkanes of at least 4 members (excludes halogenated alkanes) is 1. The van der Waals surface area contributed by atoms with Gasteiger partial charge in [0.15, 0.2) is 0 Å². The molecule has 0 bridgehead atoms. The minimum atomic E-state index is -0.190. The van der Waals surface area contributed by atoms with Crippen molar-refractivity contribution in [2.75, 3.05) is 13.7 Å². The van der Waals surface area contributed by atoms with Crippen molar-refractivity contribution in [3.63, 3.8) is 0 Å². The number of nitrogens with zero attached hydrogens (tertiary/aromatic N) is 1. The maximum absolute atomic E-state index is 13.1. The normalized spacial score (nSPS) is 10.8. The van der Waals surface area contributed by atoms with Crippen LogP contribution >= 0.6 is 0 Å². The molecule has 0 aliphatic carbocycles. The highest BCUT2D eigenvalue weighted by Gasteiger charge is 2.21. The van der Waals surface area contributed by atoms with Gasteiger partial charge in [-0.2, -0.15) is 0 Å². The summed E-state index contributed by atoms with van der Waals surface area (Å²) in [5.41, 5.74) is 2.26. The van der Waals surface area contributed by atoms with Gasteiger partial charge in [-0.05, 0) is 36.8 Å². The van der Waals surface area contributed by atoms with Crippen LogP contribution in [0.15, 0.2) is 48.8 Å². The maximum atomic E-state index is 13.1. The first-order valence-corrected chi connectivity index (χ1v) is 9.00. The van der Waals surface area contributed by atoms with E-state index in [1.807, 2.05) is 18.3 Å². The minimum absolute atomic E-state index is 0.112. The zero-order valence-corrected chi connectivity index (χ0v) is 15.6. The molecule has 3 rings (SSSR count). The fourth-order valence-corrected chi connectivity index (χ4v) is 2.94. The summed E-state index contributed by atoms with van der Waals surface area (Å²) in [6, 6.07) is 10.7. The van der Waals surface area contributed by atoms with Gasteiger partial charge in [-0.3, -0.25) is 4.79 Å². The molecule has 2 N–H and O–H groups in total. The van der Waals surface area contributed by atoms with Crippen molar-refractivity contribution in [2.45, 2.75) is 26.4 Å². The number of hydrogen-bond acceptors (Lipinski definition) is 4. The molecule has 0 aliphatic rings. The third kappa shape index (κ3) is 3.90. The molecule has 0 radical (unpaired) electrons. The van der Waals surface area contributed by atoms with Crippen LogP contribution < -0.4 is 9.47 Å². The quantitative estimate of drug-likeness (QED) is 0.446. The van der Waals surface area contributed by atoms with Gasteiger partial charge in [0.1, 0.15) is 17.2 Å². The fraction of sp³-hybridized carbons (Fsp3) is 0.286. The highest BCUT2D eigenvalue weighted by molar-refractivity contribution is 6.11. The van der Waals surface area contributed by atoms with Crippen LogP contribution in [-0.4, -0.2) is 34.2 Å². The van der Waals surface area contributed by atoms with Crippen molar-refractivity contribution in [3.8, 4) is 17.2 Å². The Hall–Kier alpha value is -2.99. The second-order valence-corrected chi connectivity index (χ2v) is 6.16. The Morgan fingerprint density at radius 2 is 2.11 bits per heavy atom. The van der Waals surface area contributed by atoms with Crippen LogP contribution in [0.5, 0.6) is 11.5 Å². The first-order chi connectivity index (χ1) is 13.2. The molecule has 0 atom stereocenters. The van der Waals surface area contributed by atoms with Gasteiger partial charge in [-0.25, -0.2) is 0 Å². The summed E-state index contributed by atoms with van der Waals surface area (Å²) in [5.74, 6) is 0.950. The zero-order chi connectivity index (χ0) is 19.2. The molecular weight excluding hydrogens is 344 g/mol. The van der Waals surface area contributed by atoms with E-state index in [9.17, 15) is 9.90 Å². The summed E-state index contributed by atoms with van der Waals surface area (Å²) in [5, 5.41) is 9.50. The van der Waals surface area contributed by atoms with Crippen molar-refractivity contribution in [3.05, 3.63) is 65.7 Å². The number of nitrogens with one attached hydrogen (secondary N) is 1. The molecule has 142 valence electrons. The van der Waals surface area contributed by atoms with Crippen LogP contribution in [-0.2, 0) is 6.61 Å². The Morgan fingerprint density at radius 3 is 2.85 bits per heavy atom. The van der Waals surface area contributed by atoms with Crippen LogP contribution in [0.25, 0.3) is 5.69 Å². The second kappa shape index (κ2) is 8.60. The monoisotopic (exact) mass is 368 g/mol. The number of ketones is 1. The summed E-state index contributed by atoms with van der Waals surface area (Å²) >= 11 is 0. The van der Waals surface area contributed by atoms with E-state index in [1.165, 1.54) is 7.11 Å². The molecule has 0 saturated carbocycles. The maximum Gasteiger partial charge on any atom is 0.215 e. The van der Waals surface area contributed by atoms with E-state index >= 15 is 0 Å². The molecule has 0 aliphatic heterocycles. The Kier molecular flexibility index (Phi) is 5.98. The lowest BCUT2D eigenvalue weighted by molar-refractivity contribution is 0.103. The van der Waals surface area contributed by atoms with E-state index in [-0.39, 0.29) is 12.4 Å². The number of ether oxygens (including phenoxy) is 2. The molecule has 0 amide bonds. The largest absolute Gasteiger partial charge is 0.496 e. The van der Waals surface area contributed by atoms with E-state index in [1.54, 1.807) is 35.0 Å². The van der Waals surface area contributed by atoms with E-state index in [4.69, 9.17) is 9.47 Å². The fourth-order valence-electron chi connectivity index (χ4n) is 2.94. The molecular formula is C21H24N2O4. The third-order valence-electron chi connectivity index (χ3n) is 4.39. The van der Waals surface area contributed by atoms with Gasteiger partial charge in [-0.1, -0.05) is 13.3 Å². The minimum Gasteiger partial charge on any atom is -0.496 e.